The van der Waals surface area contributed by atoms with Crippen molar-refractivity contribution in [2.45, 2.75) is 0 Å². The zero-order valence-electron chi connectivity index (χ0n) is 10.8. The highest BCUT2D eigenvalue weighted by Crippen LogP contribution is 2.25. The van der Waals surface area contributed by atoms with Crippen molar-refractivity contribution in [3.8, 4) is 17.6 Å². The number of benzene rings is 1. The number of aliphatic imine (C=N–C) groups is 1. The number of thioether (sulfide) groups is 1. The SMILES string of the molecule is COc1cc(N=C(NC#N)SC)cc(-n2cnnn2)c1. The molecule has 2 rings (SSSR count). The third-order valence-electron chi connectivity index (χ3n) is 2.31. The number of ether oxygens (including phenoxy) is 1. The van der Waals surface area contributed by atoms with E-state index in [1.54, 1.807) is 25.3 Å². The van der Waals surface area contributed by atoms with E-state index in [9.17, 15) is 0 Å². The third kappa shape index (κ3) is 3.24. The van der Waals surface area contributed by atoms with Crippen LogP contribution >= 0.6 is 11.8 Å². The number of methoxy groups -OCH3 is 1. The summed E-state index contributed by atoms with van der Waals surface area (Å²) in [7, 11) is 1.56. The van der Waals surface area contributed by atoms with Gasteiger partial charge in [-0.3, -0.25) is 5.32 Å². The summed E-state index contributed by atoms with van der Waals surface area (Å²) in [6.07, 6.45) is 5.14. The highest BCUT2D eigenvalue weighted by atomic mass is 32.2. The predicted octanol–water partition coefficient (Wildman–Crippen LogP) is 1.09. The molecule has 1 N–H and O–H groups in total. The molecule has 0 unspecified atom stereocenters. The molecule has 102 valence electrons. The highest BCUT2D eigenvalue weighted by Gasteiger charge is 2.05. The molecule has 0 fully saturated rings. The van der Waals surface area contributed by atoms with Crippen LogP contribution in [0.2, 0.25) is 0 Å². The summed E-state index contributed by atoms with van der Waals surface area (Å²) >= 11 is 1.33. The number of amidine groups is 1. The molecule has 1 aromatic heterocycles. The average molecular weight is 289 g/mol. The van der Waals surface area contributed by atoms with Gasteiger partial charge in [-0.2, -0.15) is 5.26 Å². The van der Waals surface area contributed by atoms with Crippen LogP contribution in [0.5, 0.6) is 5.75 Å². The van der Waals surface area contributed by atoms with Crippen molar-refractivity contribution in [1.82, 2.24) is 25.5 Å². The third-order valence-corrected chi connectivity index (χ3v) is 2.89. The van der Waals surface area contributed by atoms with Gasteiger partial charge in [-0.15, -0.1) is 5.10 Å². The Balaban J connectivity index is 2.43. The molecule has 0 radical (unpaired) electrons. The maximum absolute atomic E-state index is 8.64. The standard InChI is InChI=1S/C11H11N7OS/c1-19-10-4-8(15-11(20-2)13-6-12)3-9(5-10)18-7-14-16-17-18/h3-5,7H,1-2H3,(H,13,15). The molecule has 0 amide bonds. The minimum atomic E-state index is 0.489. The number of nitrogens with zero attached hydrogens (tertiary/aromatic N) is 6. The van der Waals surface area contributed by atoms with Crippen LogP contribution in [-0.2, 0) is 0 Å². The number of aromatic nitrogens is 4. The van der Waals surface area contributed by atoms with Gasteiger partial charge in [0.1, 0.15) is 12.1 Å². The number of nitriles is 1. The molecule has 0 spiro atoms. The summed E-state index contributed by atoms with van der Waals surface area (Å²) in [6, 6.07) is 5.32. The molecule has 1 aromatic carbocycles. The first-order valence-corrected chi connectivity index (χ1v) is 6.69. The number of rotatable bonds is 3. The van der Waals surface area contributed by atoms with Crippen LogP contribution in [-0.4, -0.2) is 38.7 Å². The van der Waals surface area contributed by atoms with E-state index in [-0.39, 0.29) is 0 Å². The molecule has 0 aliphatic rings. The Hall–Kier alpha value is -2.60. The number of hydrogen-bond acceptors (Lipinski definition) is 7. The molecule has 0 saturated heterocycles. The van der Waals surface area contributed by atoms with E-state index in [4.69, 9.17) is 10.00 Å². The maximum atomic E-state index is 8.64. The molecule has 0 aliphatic carbocycles. The second-order valence-electron chi connectivity index (χ2n) is 3.50. The molecular formula is C11H11N7OS. The largest absolute Gasteiger partial charge is 0.497 e. The van der Waals surface area contributed by atoms with Crippen molar-refractivity contribution in [3.63, 3.8) is 0 Å². The van der Waals surface area contributed by atoms with E-state index >= 15 is 0 Å². The number of nitrogens with one attached hydrogen (secondary N) is 1. The lowest BCUT2D eigenvalue weighted by atomic mass is 10.2. The lowest BCUT2D eigenvalue weighted by Crippen LogP contribution is -2.12. The Bertz CT molecular complexity index is 647. The summed E-state index contributed by atoms with van der Waals surface area (Å²) in [5.74, 6) is 0.620. The van der Waals surface area contributed by atoms with Crippen molar-refractivity contribution in [3.05, 3.63) is 24.5 Å². The van der Waals surface area contributed by atoms with Crippen LogP contribution in [0.3, 0.4) is 0 Å². The first-order valence-electron chi connectivity index (χ1n) is 5.47. The van der Waals surface area contributed by atoms with Gasteiger partial charge < -0.3 is 4.74 Å². The lowest BCUT2D eigenvalue weighted by Gasteiger charge is -2.06. The Kier molecular flexibility index (Phi) is 4.52. The fourth-order valence-corrected chi connectivity index (χ4v) is 1.80. The molecule has 8 nitrogen and oxygen atoms in total. The Morgan fingerprint density at radius 1 is 1.50 bits per heavy atom. The minimum absolute atomic E-state index is 0.489. The summed E-state index contributed by atoms with van der Waals surface area (Å²) < 4.78 is 6.72. The van der Waals surface area contributed by atoms with Gasteiger partial charge in [-0.25, -0.2) is 9.67 Å². The zero-order valence-corrected chi connectivity index (χ0v) is 11.6. The lowest BCUT2D eigenvalue weighted by molar-refractivity contribution is 0.414. The van der Waals surface area contributed by atoms with E-state index in [0.717, 1.165) is 0 Å². The van der Waals surface area contributed by atoms with E-state index in [1.165, 1.54) is 22.8 Å². The van der Waals surface area contributed by atoms with Crippen LogP contribution in [0.15, 0.2) is 29.5 Å². The van der Waals surface area contributed by atoms with Gasteiger partial charge in [0.05, 0.1) is 18.5 Å². The first kappa shape index (κ1) is 13.8. The van der Waals surface area contributed by atoms with Crippen molar-refractivity contribution in [1.29, 1.82) is 5.26 Å². The van der Waals surface area contributed by atoms with Crippen molar-refractivity contribution < 1.29 is 4.74 Å². The first-order chi connectivity index (χ1) is 9.76. The summed E-state index contributed by atoms with van der Waals surface area (Å²) in [5.41, 5.74) is 1.34. The van der Waals surface area contributed by atoms with Crippen LogP contribution in [0, 0.1) is 11.5 Å². The van der Waals surface area contributed by atoms with E-state index < -0.39 is 0 Å². The molecule has 2 aromatic rings. The second-order valence-corrected chi connectivity index (χ2v) is 4.30. The van der Waals surface area contributed by atoms with Gasteiger partial charge in [0.2, 0.25) is 0 Å². The molecule has 0 bridgehead atoms. The van der Waals surface area contributed by atoms with Gasteiger partial charge in [-0.05, 0) is 22.7 Å². The highest BCUT2D eigenvalue weighted by molar-refractivity contribution is 8.13. The Morgan fingerprint density at radius 2 is 2.35 bits per heavy atom. The van der Waals surface area contributed by atoms with Crippen molar-refractivity contribution in [2.75, 3.05) is 13.4 Å². The number of hydrogen-bond donors (Lipinski definition) is 1. The fraction of sp³-hybridized carbons (Fsp3) is 0.182. The van der Waals surface area contributed by atoms with Crippen LogP contribution < -0.4 is 10.1 Å². The van der Waals surface area contributed by atoms with Gasteiger partial charge in [-0.1, -0.05) is 11.8 Å². The molecule has 0 saturated carbocycles. The average Bonchev–Trinajstić information content (AvgIpc) is 3.00. The van der Waals surface area contributed by atoms with Crippen LogP contribution in [0.4, 0.5) is 5.69 Å². The molecule has 20 heavy (non-hydrogen) atoms. The zero-order chi connectivity index (χ0) is 14.4. The monoisotopic (exact) mass is 289 g/mol. The topological polar surface area (TPSA) is 101 Å². The molecule has 0 aliphatic heterocycles. The van der Waals surface area contributed by atoms with Gasteiger partial charge >= 0.3 is 0 Å². The molecular weight excluding hydrogens is 278 g/mol. The van der Waals surface area contributed by atoms with Gasteiger partial charge in [0.15, 0.2) is 11.4 Å². The minimum Gasteiger partial charge on any atom is -0.497 e. The van der Waals surface area contributed by atoms with Crippen LogP contribution in [0.1, 0.15) is 0 Å². The number of tetrazole rings is 1. The normalized spacial score (nSPS) is 10.9. The summed E-state index contributed by atoms with van der Waals surface area (Å²) in [6.45, 7) is 0. The van der Waals surface area contributed by atoms with Gasteiger partial charge in [0.25, 0.3) is 0 Å². The second kappa shape index (κ2) is 6.53. The van der Waals surface area contributed by atoms with E-state index in [2.05, 4.69) is 25.8 Å². The van der Waals surface area contributed by atoms with Crippen molar-refractivity contribution in [2.24, 2.45) is 4.99 Å². The smallest absolute Gasteiger partial charge is 0.183 e. The summed E-state index contributed by atoms with van der Waals surface area (Å²) in [4.78, 5) is 4.33. The Morgan fingerprint density at radius 3 is 2.95 bits per heavy atom. The van der Waals surface area contributed by atoms with E-state index in [1.807, 2.05) is 12.4 Å². The maximum Gasteiger partial charge on any atom is 0.183 e. The van der Waals surface area contributed by atoms with Crippen LogP contribution in [0.25, 0.3) is 5.69 Å². The molecule has 1 heterocycles. The quantitative estimate of drug-likeness (QED) is 0.390. The summed E-state index contributed by atoms with van der Waals surface area (Å²) in [5, 5.41) is 22.6. The Labute approximate surface area is 119 Å². The van der Waals surface area contributed by atoms with Crippen molar-refractivity contribution >= 4 is 22.6 Å². The predicted molar refractivity (Wildman–Crippen MR) is 75.1 cm³/mol. The molecule has 9 heteroatoms. The van der Waals surface area contributed by atoms with Gasteiger partial charge in [0, 0.05) is 12.1 Å². The van der Waals surface area contributed by atoms with E-state index in [0.29, 0.717) is 22.3 Å². The fourth-order valence-electron chi connectivity index (χ4n) is 1.45. The molecule has 0 atom stereocenters.